The Kier molecular flexibility index (Phi) is 4.45. The molecule has 4 nitrogen and oxygen atoms in total. The summed E-state index contributed by atoms with van der Waals surface area (Å²) in [5.41, 5.74) is 3.44. The molecular weight excluding hydrogens is 250 g/mol. The van der Waals surface area contributed by atoms with Gasteiger partial charge in [-0.25, -0.2) is 0 Å². The fourth-order valence-corrected chi connectivity index (χ4v) is 2.06. The van der Waals surface area contributed by atoms with E-state index in [0.717, 1.165) is 17.8 Å². The Hall–Kier alpha value is -2.23. The third-order valence-electron chi connectivity index (χ3n) is 3.34. The van der Waals surface area contributed by atoms with Crippen molar-refractivity contribution < 1.29 is 4.79 Å². The van der Waals surface area contributed by atoms with Crippen LogP contribution in [0.2, 0.25) is 0 Å². The lowest BCUT2D eigenvalue weighted by Crippen LogP contribution is -2.23. The fraction of sp³-hybridized carbons (Fsp3) is 0.312. The minimum absolute atomic E-state index is 0.0721. The molecule has 1 aromatic carbocycles. The van der Waals surface area contributed by atoms with Gasteiger partial charge in [0, 0.05) is 52.2 Å². The van der Waals surface area contributed by atoms with Crippen LogP contribution < -0.4 is 5.32 Å². The van der Waals surface area contributed by atoms with Crippen molar-refractivity contribution in [3.8, 4) is 0 Å². The van der Waals surface area contributed by atoms with Crippen molar-refractivity contribution in [2.24, 2.45) is 7.05 Å². The van der Waals surface area contributed by atoms with Gasteiger partial charge in [0.2, 0.25) is 5.91 Å². The van der Waals surface area contributed by atoms with E-state index in [4.69, 9.17) is 0 Å². The quantitative estimate of drug-likeness (QED) is 0.907. The van der Waals surface area contributed by atoms with E-state index in [-0.39, 0.29) is 5.91 Å². The van der Waals surface area contributed by atoms with Crippen LogP contribution >= 0.6 is 0 Å². The fourth-order valence-electron chi connectivity index (χ4n) is 2.06. The minimum Gasteiger partial charge on any atom is -0.381 e. The van der Waals surface area contributed by atoms with Crippen molar-refractivity contribution in [3.63, 3.8) is 0 Å². The highest BCUT2D eigenvalue weighted by atomic mass is 16.2. The van der Waals surface area contributed by atoms with Crippen molar-refractivity contribution in [1.29, 1.82) is 0 Å². The first-order valence-corrected chi connectivity index (χ1v) is 6.70. The van der Waals surface area contributed by atoms with E-state index < -0.39 is 0 Å². The Bertz CT molecular complexity index is 589. The maximum Gasteiger partial charge on any atom is 0.219 e. The smallest absolute Gasteiger partial charge is 0.219 e. The van der Waals surface area contributed by atoms with Gasteiger partial charge in [-0.3, -0.25) is 4.79 Å². The van der Waals surface area contributed by atoms with Gasteiger partial charge in [-0.05, 0) is 23.3 Å². The average Bonchev–Trinajstić information content (AvgIpc) is 2.83. The SMILES string of the molecule is CC(=O)N(C)Cc1ccccc1NCc1ccn(C)c1. The number of amides is 1. The number of aryl methyl sites for hydroxylation is 1. The zero-order chi connectivity index (χ0) is 14.5. The van der Waals surface area contributed by atoms with Crippen molar-refractivity contribution in [2.45, 2.75) is 20.0 Å². The standard InChI is InChI=1S/C16H21N3O/c1-13(20)19(3)12-15-6-4-5-7-16(15)17-10-14-8-9-18(2)11-14/h4-9,11,17H,10,12H2,1-3H3. The number of aromatic nitrogens is 1. The molecule has 0 aliphatic heterocycles. The first kappa shape index (κ1) is 14.2. The Balaban J connectivity index is 2.05. The highest BCUT2D eigenvalue weighted by Crippen LogP contribution is 2.18. The molecule has 0 aliphatic carbocycles. The van der Waals surface area contributed by atoms with E-state index in [2.05, 4.69) is 17.6 Å². The molecule has 0 unspecified atom stereocenters. The first-order valence-electron chi connectivity index (χ1n) is 6.70. The van der Waals surface area contributed by atoms with Gasteiger partial charge in [-0.15, -0.1) is 0 Å². The number of hydrogen-bond donors (Lipinski definition) is 1. The minimum atomic E-state index is 0.0721. The molecule has 0 radical (unpaired) electrons. The lowest BCUT2D eigenvalue weighted by atomic mass is 10.1. The summed E-state index contributed by atoms with van der Waals surface area (Å²) in [6.45, 7) is 2.98. The molecule has 0 bridgehead atoms. The van der Waals surface area contributed by atoms with Crippen LogP contribution in [0.1, 0.15) is 18.1 Å². The number of hydrogen-bond acceptors (Lipinski definition) is 2. The Morgan fingerprint density at radius 3 is 2.70 bits per heavy atom. The van der Waals surface area contributed by atoms with Gasteiger partial charge in [-0.1, -0.05) is 18.2 Å². The van der Waals surface area contributed by atoms with Crippen LogP contribution in [0.4, 0.5) is 5.69 Å². The van der Waals surface area contributed by atoms with E-state index in [1.165, 1.54) is 5.56 Å². The van der Waals surface area contributed by atoms with Crippen LogP contribution in [0.25, 0.3) is 0 Å². The number of anilines is 1. The van der Waals surface area contributed by atoms with E-state index in [1.807, 2.05) is 49.1 Å². The first-order chi connectivity index (χ1) is 9.56. The molecule has 1 aromatic heterocycles. The molecule has 0 atom stereocenters. The second kappa shape index (κ2) is 6.28. The average molecular weight is 271 g/mol. The van der Waals surface area contributed by atoms with Gasteiger partial charge < -0.3 is 14.8 Å². The van der Waals surface area contributed by atoms with Gasteiger partial charge in [0.25, 0.3) is 0 Å². The molecule has 1 N–H and O–H groups in total. The second-order valence-electron chi connectivity index (χ2n) is 5.07. The number of para-hydroxylation sites is 1. The Morgan fingerprint density at radius 1 is 1.30 bits per heavy atom. The summed E-state index contributed by atoms with van der Waals surface area (Å²) < 4.78 is 2.03. The molecule has 1 amide bonds. The molecule has 2 aromatic rings. The molecule has 0 saturated carbocycles. The van der Waals surface area contributed by atoms with Crippen LogP contribution in [-0.2, 0) is 24.9 Å². The van der Waals surface area contributed by atoms with E-state index in [0.29, 0.717) is 6.54 Å². The van der Waals surface area contributed by atoms with Gasteiger partial charge in [-0.2, -0.15) is 0 Å². The summed E-state index contributed by atoms with van der Waals surface area (Å²) in [7, 11) is 3.83. The molecule has 2 rings (SSSR count). The van der Waals surface area contributed by atoms with E-state index in [1.54, 1.807) is 11.8 Å². The van der Waals surface area contributed by atoms with Crippen LogP contribution in [0.5, 0.6) is 0 Å². The van der Waals surface area contributed by atoms with Crippen LogP contribution in [0, 0.1) is 0 Å². The lowest BCUT2D eigenvalue weighted by molar-refractivity contribution is -0.128. The lowest BCUT2D eigenvalue weighted by Gasteiger charge is -2.18. The van der Waals surface area contributed by atoms with Crippen LogP contribution in [0.3, 0.4) is 0 Å². The maximum atomic E-state index is 11.3. The predicted octanol–water partition coefficient (Wildman–Crippen LogP) is 2.62. The van der Waals surface area contributed by atoms with E-state index in [9.17, 15) is 4.79 Å². The number of rotatable bonds is 5. The van der Waals surface area contributed by atoms with Crippen molar-refractivity contribution in [3.05, 3.63) is 53.9 Å². The second-order valence-corrected chi connectivity index (χ2v) is 5.07. The third-order valence-corrected chi connectivity index (χ3v) is 3.34. The van der Waals surface area contributed by atoms with Crippen molar-refractivity contribution >= 4 is 11.6 Å². The predicted molar refractivity (Wildman–Crippen MR) is 81.3 cm³/mol. The maximum absolute atomic E-state index is 11.3. The molecule has 0 saturated heterocycles. The summed E-state index contributed by atoms with van der Waals surface area (Å²) in [6.07, 6.45) is 4.13. The normalized spacial score (nSPS) is 10.3. The molecule has 0 spiro atoms. The monoisotopic (exact) mass is 271 g/mol. The van der Waals surface area contributed by atoms with Crippen LogP contribution in [-0.4, -0.2) is 22.4 Å². The highest BCUT2D eigenvalue weighted by molar-refractivity contribution is 5.73. The number of benzene rings is 1. The summed E-state index contributed by atoms with van der Waals surface area (Å²) in [6, 6.07) is 10.2. The van der Waals surface area contributed by atoms with Gasteiger partial charge in [0.15, 0.2) is 0 Å². The van der Waals surface area contributed by atoms with Gasteiger partial charge in [0.05, 0.1) is 0 Å². The van der Waals surface area contributed by atoms with Crippen molar-refractivity contribution in [1.82, 2.24) is 9.47 Å². The van der Waals surface area contributed by atoms with Crippen molar-refractivity contribution in [2.75, 3.05) is 12.4 Å². The topological polar surface area (TPSA) is 37.3 Å². The van der Waals surface area contributed by atoms with Gasteiger partial charge in [0.1, 0.15) is 0 Å². The van der Waals surface area contributed by atoms with Gasteiger partial charge >= 0.3 is 0 Å². The zero-order valence-corrected chi connectivity index (χ0v) is 12.3. The Labute approximate surface area is 120 Å². The molecule has 20 heavy (non-hydrogen) atoms. The molecular formula is C16H21N3O. The molecule has 1 heterocycles. The highest BCUT2D eigenvalue weighted by Gasteiger charge is 2.07. The van der Waals surface area contributed by atoms with Crippen LogP contribution in [0.15, 0.2) is 42.7 Å². The third kappa shape index (κ3) is 3.63. The summed E-state index contributed by atoms with van der Waals surface area (Å²) in [5, 5.41) is 3.44. The zero-order valence-electron chi connectivity index (χ0n) is 12.3. The molecule has 0 aliphatic rings. The van der Waals surface area contributed by atoms with E-state index >= 15 is 0 Å². The summed E-state index contributed by atoms with van der Waals surface area (Å²) in [4.78, 5) is 13.1. The number of nitrogens with one attached hydrogen (secondary N) is 1. The summed E-state index contributed by atoms with van der Waals surface area (Å²) >= 11 is 0. The number of carbonyl (C=O) groups is 1. The molecule has 4 heteroatoms. The summed E-state index contributed by atoms with van der Waals surface area (Å²) in [5.74, 6) is 0.0721. The number of nitrogens with zero attached hydrogens (tertiary/aromatic N) is 2. The molecule has 0 fully saturated rings. The largest absolute Gasteiger partial charge is 0.381 e. The molecule has 106 valence electrons. The number of carbonyl (C=O) groups excluding carboxylic acids is 1. The Morgan fingerprint density at radius 2 is 2.05 bits per heavy atom.